The first-order valence-electron chi connectivity index (χ1n) is 6.47. The van der Waals surface area contributed by atoms with Crippen LogP contribution in [0.1, 0.15) is 11.1 Å². The van der Waals surface area contributed by atoms with Crippen molar-refractivity contribution in [2.45, 2.75) is 6.61 Å². The van der Waals surface area contributed by atoms with Crippen LogP contribution in [0.4, 0.5) is 4.39 Å². The molecule has 0 atom stereocenters. The maximum atomic E-state index is 12.8. The van der Waals surface area contributed by atoms with Crippen LogP contribution in [0.3, 0.4) is 0 Å². The third-order valence-electron chi connectivity index (χ3n) is 2.84. The molecule has 0 saturated carbocycles. The largest absolute Gasteiger partial charge is 0.489 e. The minimum Gasteiger partial charge on any atom is -0.489 e. The summed E-state index contributed by atoms with van der Waals surface area (Å²) in [6, 6.07) is 12.8. The normalized spacial score (nSPS) is 10.6. The molecule has 0 spiro atoms. The fraction of sp³-hybridized carbons (Fsp3) is 0.0588. The number of rotatable bonds is 6. The molecule has 0 saturated heterocycles. The molecule has 0 aliphatic rings. The molecule has 0 amide bonds. The lowest BCUT2D eigenvalue weighted by Crippen LogP contribution is -2.08. The summed E-state index contributed by atoms with van der Waals surface area (Å²) in [6.45, 7) is 0.312. The van der Waals surface area contributed by atoms with Crippen molar-refractivity contribution in [1.82, 2.24) is 0 Å². The van der Waals surface area contributed by atoms with Gasteiger partial charge in [0.1, 0.15) is 18.2 Å². The van der Waals surface area contributed by atoms with E-state index in [-0.39, 0.29) is 5.82 Å². The van der Waals surface area contributed by atoms with E-state index in [0.29, 0.717) is 17.9 Å². The molecule has 0 fully saturated rings. The maximum Gasteiger partial charge on any atom is 0.376 e. The van der Waals surface area contributed by atoms with Gasteiger partial charge in [0.25, 0.3) is 5.78 Å². The topological polar surface area (TPSA) is 63.6 Å². The summed E-state index contributed by atoms with van der Waals surface area (Å²) < 4.78 is 18.3. The number of carbonyl (C=O) groups excluding carboxylic acids is 1. The Hall–Kier alpha value is -2.95. The number of halogens is 1. The molecule has 5 heteroatoms. The molecule has 4 nitrogen and oxygen atoms in total. The van der Waals surface area contributed by atoms with Gasteiger partial charge in [-0.15, -0.1) is 0 Å². The molecule has 22 heavy (non-hydrogen) atoms. The van der Waals surface area contributed by atoms with Gasteiger partial charge in [-0.2, -0.15) is 0 Å². The molecule has 0 bridgehead atoms. The SMILES string of the molecule is O=C(O)C(=O)/C=C/c1ccc(OCc2ccc(F)cc2)cc1. The Morgan fingerprint density at radius 2 is 1.68 bits per heavy atom. The van der Waals surface area contributed by atoms with Crippen molar-refractivity contribution in [1.29, 1.82) is 0 Å². The van der Waals surface area contributed by atoms with Crippen molar-refractivity contribution in [2.75, 3.05) is 0 Å². The molecule has 2 rings (SSSR count). The number of hydrogen-bond acceptors (Lipinski definition) is 3. The van der Waals surface area contributed by atoms with Crippen LogP contribution >= 0.6 is 0 Å². The van der Waals surface area contributed by atoms with E-state index in [2.05, 4.69) is 0 Å². The van der Waals surface area contributed by atoms with Gasteiger partial charge in [0.15, 0.2) is 0 Å². The van der Waals surface area contributed by atoms with E-state index in [1.807, 2.05) is 0 Å². The van der Waals surface area contributed by atoms with E-state index in [1.165, 1.54) is 18.2 Å². The third-order valence-corrected chi connectivity index (χ3v) is 2.84. The molecule has 0 aliphatic heterocycles. The van der Waals surface area contributed by atoms with E-state index in [9.17, 15) is 14.0 Å². The molecule has 0 aromatic heterocycles. The lowest BCUT2D eigenvalue weighted by molar-refractivity contribution is -0.146. The van der Waals surface area contributed by atoms with Crippen molar-refractivity contribution in [3.8, 4) is 5.75 Å². The number of carboxylic acids is 1. The summed E-state index contributed by atoms with van der Waals surface area (Å²) in [5, 5.41) is 8.46. The number of ketones is 1. The number of carbonyl (C=O) groups is 2. The van der Waals surface area contributed by atoms with Gasteiger partial charge >= 0.3 is 5.97 Å². The van der Waals surface area contributed by atoms with Gasteiger partial charge in [-0.05, 0) is 41.5 Å². The van der Waals surface area contributed by atoms with Gasteiger partial charge in [0.05, 0.1) is 0 Å². The Morgan fingerprint density at radius 1 is 1.05 bits per heavy atom. The summed E-state index contributed by atoms with van der Waals surface area (Å²) in [5.74, 6) is -2.14. The zero-order chi connectivity index (χ0) is 15.9. The van der Waals surface area contributed by atoms with Crippen LogP contribution in [0.15, 0.2) is 54.6 Å². The first-order valence-corrected chi connectivity index (χ1v) is 6.47. The Morgan fingerprint density at radius 3 is 2.27 bits per heavy atom. The molecule has 2 aromatic carbocycles. The molecule has 2 aromatic rings. The van der Waals surface area contributed by atoms with Crippen LogP contribution in [0.2, 0.25) is 0 Å². The summed E-state index contributed by atoms with van der Waals surface area (Å²) in [6.07, 6.45) is 2.41. The fourth-order valence-electron chi connectivity index (χ4n) is 1.67. The zero-order valence-electron chi connectivity index (χ0n) is 11.5. The Labute approximate surface area is 126 Å². The first kappa shape index (κ1) is 15.4. The van der Waals surface area contributed by atoms with Gasteiger partial charge < -0.3 is 9.84 Å². The van der Waals surface area contributed by atoms with Crippen molar-refractivity contribution in [3.05, 3.63) is 71.6 Å². The fourth-order valence-corrected chi connectivity index (χ4v) is 1.67. The van der Waals surface area contributed by atoms with E-state index in [1.54, 1.807) is 36.4 Å². The highest BCUT2D eigenvalue weighted by Gasteiger charge is 2.05. The second-order valence-corrected chi connectivity index (χ2v) is 4.49. The molecular formula is C17H13FO4. The third kappa shape index (κ3) is 4.56. The monoisotopic (exact) mass is 300 g/mol. The Bertz CT molecular complexity index is 688. The number of carboxylic acid groups (broad SMARTS) is 1. The summed E-state index contributed by atoms with van der Waals surface area (Å²) in [7, 11) is 0. The average molecular weight is 300 g/mol. The van der Waals surface area contributed by atoms with Crippen LogP contribution in [-0.4, -0.2) is 16.9 Å². The highest BCUT2D eigenvalue weighted by Crippen LogP contribution is 2.15. The Kier molecular flexibility index (Phi) is 5.03. The van der Waals surface area contributed by atoms with Crippen molar-refractivity contribution < 1.29 is 23.8 Å². The number of aliphatic carboxylic acids is 1. The van der Waals surface area contributed by atoms with Crippen molar-refractivity contribution in [3.63, 3.8) is 0 Å². The van der Waals surface area contributed by atoms with Crippen molar-refractivity contribution in [2.24, 2.45) is 0 Å². The predicted molar refractivity (Wildman–Crippen MR) is 78.9 cm³/mol. The number of ether oxygens (including phenoxy) is 1. The van der Waals surface area contributed by atoms with Crippen molar-refractivity contribution >= 4 is 17.8 Å². The van der Waals surface area contributed by atoms with Crippen LogP contribution in [-0.2, 0) is 16.2 Å². The Balaban J connectivity index is 1.93. The van der Waals surface area contributed by atoms with E-state index < -0.39 is 11.8 Å². The highest BCUT2D eigenvalue weighted by atomic mass is 19.1. The van der Waals surface area contributed by atoms with Crippen LogP contribution in [0.25, 0.3) is 6.08 Å². The standard InChI is InChI=1S/C17H13FO4/c18-14-6-1-13(2-7-14)11-22-15-8-3-12(4-9-15)5-10-16(19)17(20)21/h1-10H,11H2,(H,20,21)/b10-5+. The van der Waals surface area contributed by atoms with Crippen LogP contribution in [0, 0.1) is 5.82 Å². The maximum absolute atomic E-state index is 12.8. The molecular weight excluding hydrogens is 287 g/mol. The summed E-state index contributed by atoms with van der Waals surface area (Å²) >= 11 is 0. The number of benzene rings is 2. The summed E-state index contributed by atoms with van der Waals surface area (Å²) in [4.78, 5) is 21.3. The molecule has 0 aliphatic carbocycles. The minimum atomic E-state index is -1.49. The van der Waals surface area contributed by atoms with Gasteiger partial charge in [0.2, 0.25) is 0 Å². The van der Waals surface area contributed by atoms with Gasteiger partial charge in [0, 0.05) is 0 Å². The number of hydrogen-bond donors (Lipinski definition) is 1. The van der Waals surface area contributed by atoms with Crippen LogP contribution < -0.4 is 4.74 Å². The highest BCUT2D eigenvalue weighted by molar-refractivity contribution is 6.38. The molecule has 0 radical (unpaired) electrons. The molecule has 0 unspecified atom stereocenters. The molecule has 0 heterocycles. The second-order valence-electron chi connectivity index (χ2n) is 4.49. The minimum absolute atomic E-state index is 0.296. The molecule has 1 N–H and O–H groups in total. The quantitative estimate of drug-likeness (QED) is 0.658. The van der Waals surface area contributed by atoms with Gasteiger partial charge in [-0.25, -0.2) is 9.18 Å². The predicted octanol–water partition coefficient (Wildman–Crippen LogP) is 3.07. The van der Waals surface area contributed by atoms with E-state index in [4.69, 9.17) is 9.84 Å². The average Bonchev–Trinajstić information content (AvgIpc) is 2.53. The van der Waals surface area contributed by atoms with Gasteiger partial charge in [-0.3, -0.25) is 4.79 Å². The first-order chi connectivity index (χ1) is 10.5. The lowest BCUT2D eigenvalue weighted by atomic mass is 10.2. The zero-order valence-corrected chi connectivity index (χ0v) is 11.5. The summed E-state index contributed by atoms with van der Waals surface area (Å²) in [5.41, 5.74) is 1.53. The van der Waals surface area contributed by atoms with Crippen LogP contribution in [0.5, 0.6) is 5.75 Å². The second kappa shape index (κ2) is 7.17. The smallest absolute Gasteiger partial charge is 0.376 e. The van der Waals surface area contributed by atoms with E-state index in [0.717, 1.165) is 11.6 Å². The lowest BCUT2D eigenvalue weighted by Gasteiger charge is -2.06. The molecule has 112 valence electrons. The van der Waals surface area contributed by atoms with Gasteiger partial charge in [-0.1, -0.05) is 30.3 Å². The van der Waals surface area contributed by atoms with E-state index >= 15 is 0 Å².